The van der Waals surface area contributed by atoms with Crippen molar-refractivity contribution in [2.24, 2.45) is 0 Å². The van der Waals surface area contributed by atoms with Crippen LogP contribution in [0.1, 0.15) is 25.7 Å². The summed E-state index contributed by atoms with van der Waals surface area (Å²) in [5, 5.41) is -4.07. The van der Waals surface area contributed by atoms with E-state index in [-0.39, 0.29) is 35.8 Å². The molecule has 2 aromatic rings. The van der Waals surface area contributed by atoms with Crippen LogP contribution in [0, 0.1) is 0 Å². The number of hydrogen-bond donors (Lipinski definition) is 2. The fourth-order valence-electron chi connectivity index (χ4n) is 3.26. The second kappa shape index (κ2) is 7.18. The van der Waals surface area contributed by atoms with Gasteiger partial charge in [0.25, 0.3) is 0 Å². The molecule has 2 aromatic heterocycles. The van der Waals surface area contributed by atoms with Gasteiger partial charge in [-0.1, -0.05) is 0 Å². The molecule has 0 aromatic carbocycles. The van der Waals surface area contributed by atoms with Gasteiger partial charge in [0.1, 0.15) is 10.9 Å². The van der Waals surface area contributed by atoms with Crippen molar-refractivity contribution in [2.75, 3.05) is 11.5 Å². The number of hydrogen-bond acceptors (Lipinski definition) is 9. The van der Waals surface area contributed by atoms with E-state index in [1.54, 1.807) is 0 Å². The van der Waals surface area contributed by atoms with Gasteiger partial charge in [0.05, 0.1) is 31.3 Å². The first-order chi connectivity index (χ1) is 13.9. The van der Waals surface area contributed by atoms with Crippen molar-refractivity contribution in [3.05, 3.63) is 6.33 Å². The molecule has 10 nitrogen and oxygen atoms in total. The van der Waals surface area contributed by atoms with E-state index in [9.17, 15) is 40.7 Å². The Morgan fingerprint density at radius 3 is 2.10 bits per heavy atom. The summed E-state index contributed by atoms with van der Waals surface area (Å²) < 4.78 is 95.9. The van der Waals surface area contributed by atoms with Crippen LogP contribution in [-0.2, 0) is 15.8 Å². The van der Waals surface area contributed by atoms with Crippen molar-refractivity contribution in [3.8, 4) is 0 Å². The summed E-state index contributed by atoms with van der Waals surface area (Å²) >= 11 is 0. The van der Waals surface area contributed by atoms with Gasteiger partial charge in [0.2, 0.25) is 5.95 Å². The molecule has 0 aliphatic heterocycles. The largest absolute Gasteiger partial charge is 0.809 e. The van der Waals surface area contributed by atoms with Crippen molar-refractivity contribution < 1.29 is 45.4 Å². The fourth-order valence-corrected chi connectivity index (χ4v) is 4.31. The van der Waals surface area contributed by atoms with E-state index in [0.717, 1.165) is 6.33 Å². The maximum atomic E-state index is 13.0. The lowest BCUT2D eigenvalue weighted by Gasteiger charge is -2.51. The van der Waals surface area contributed by atoms with Gasteiger partial charge in [-0.2, -0.15) is 36.3 Å². The minimum atomic E-state index is -6.56. The highest BCUT2D eigenvalue weighted by atomic mass is 31.2. The molecule has 17 heteroatoms. The lowest BCUT2D eigenvalue weighted by Crippen LogP contribution is -2.51. The molecular weight excluding hydrogens is 461 g/mol. The van der Waals surface area contributed by atoms with Gasteiger partial charge in [-0.05, 0) is 20.4 Å². The predicted molar refractivity (Wildman–Crippen MR) is 88.9 cm³/mol. The molecule has 31 heavy (non-hydrogen) atoms. The van der Waals surface area contributed by atoms with Crippen molar-refractivity contribution in [1.82, 2.24) is 19.5 Å². The van der Waals surface area contributed by atoms with Crippen LogP contribution in [0.25, 0.3) is 11.2 Å². The highest BCUT2D eigenvalue weighted by molar-refractivity contribution is 7.50. The Morgan fingerprint density at radius 2 is 1.65 bits per heavy atom. The van der Waals surface area contributed by atoms with E-state index in [1.165, 1.54) is 4.57 Å². The second-order valence-electron chi connectivity index (χ2n) is 7.32. The van der Waals surface area contributed by atoms with Gasteiger partial charge < -0.3 is 35.1 Å². The summed E-state index contributed by atoms with van der Waals surface area (Å²) in [7, 11) is -6.56. The Hall–Kier alpha value is -2.16. The average molecular weight is 476 g/mol. The molecule has 3 rings (SSSR count). The van der Waals surface area contributed by atoms with E-state index in [2.05, 4.69) is 15.0 Å². The fraction of sp³-hybridized carbons (Fsp3) is 0.643. The number of ether oxygens (including phenoxy) is 1. The SMILES string of the molecule is Nc1nc(N)c2ncn(CC3(OC(CC(F)(F)F)(CC(F)(F)F)P(=O)([O-])[O-])CC3)c2n1. The third kappa shape index (κ3) is 5.19. The average Bonchev–Trinajstić information content (AvgIpc) is 3.14. The van der Waals surface area contributed by atoms with Gasteiger partial charge in [0, 0.05) is 0 Å². The Bertz CT molecular complexity index is 1010. The Balaban J connectivity index is 2.00. The Kier molecular flexibility index (Phi) is 5.45. The number of nitrogen functional groups attached to an aromatic ring is 2. The van der Waals surface area contributed by atoms with E-state index < -0.39 is 50.3 Å². The summed E-state index contributed by atoms with van der Waals surface area (Å²) in [5.74, 6) is -0.399. The highest BCUT2D eigenvalue weighted by Gasteiger charge is 2.58. The van der Waals surface area contributed by atoms with Crippen molar-refractivity contribution >= 4 is 30.5 Å². The molecular formula is C14H15F6N6O4P-2. The molecule has 0 atom stereocenters. The number of rotatable bonds is 7. The van der Waals surface area contributed by atoms with E-state index in [0.29, 0.717) is 0 Å². The molecule has 2 heterocycles. The van der Waals surface area contributed by atoms with Crippen LogP contribution in [0.15, 0.2) is 6.33 Å². The number of fused-ring (bicyclic) bond motifs is 1. The first-order valence-electron chi connectivity index (χ1n) is 8.54. The van der Waals surface area contributed by atoms with Gasteiger partial charge >= 0.3 is 12.4 Å². The second-order valence-corrected chi connectivity index (χ2v) is 9.13. The topological polar surface area (TPSA) is 168 Å². The van der Waals surface area contributed by atoms with Crippen LogP contribution in [0.5, 0.6) is 0 Å². The molecule has 4 N–H and O–H groups in total. The number of nitrogens with zero attached hydrogens (tertiary/aromatic N) is 4. The number of anilines is 2. The quantitative estimate of drug-likeness (QED) is 0.438. The lowest BCUT2D eigenvalue weighted by molar-refractivity contribution is -0.347. The van der Waals surface area contributed by atoms with Crippen LogP contribution in [0.2, 0.25) is 0 Å². The molecule has 1 aliphatic rings. The number of imidazole rings is 1. The summed E-state index contributed by atoms with van der Waals surface area (Å²) in [4.78, 5) is 34.8. The summed E-state index contributed by atoms with van der Waals surface area (Å²) in [6.07, 6.45) is -15.2. The van der Waals surface area contributed by atoms with Gasteiger partial charge in [-0.15, -0.1) is 0 Å². The van der Waals surface area contributed by atoms with E-state index in [4.69, 9.17) is 16.2 Å². The van der Waals surface area contributed by atoms with Crippen molar-refractivity contribution in [3.63, 3.8) is 0 Å². The highest BCUT2D eigenvalue weighted by Crippen LogP contribution is 2.60. The Labute approximate surface area is 169 Å². The summed E-state index contributed by atoms with van der Waals surface area (Å²) in [5.41, 5.74) is 9.38. The number of aromatic nitrogens is 4. The molecule has 0 bridgehead atoms. The first kappa shape index (κ1) is 23.5. The lowest BCUT2D eigenvalue weighted by atomic mass is 10.1. The molecule has 0 unspecified atom stereocenters. The molecule has 0 radical (unpaired) electrons. The third-order valence-electron chi connectivity index (χ3n) is 4.63. The molecule has 0 spiro atoms. The van der Waals surface area contributed by atoms with Crippen LogP contribution in [-0.4, -0.2) is 42.8 Å². The molecule has 0 saturated heterocycles. The zero-order chi connectivity index (χ0) is 23.5. The minimum absolute atomic E-state index is 0.00421. The first-order valence-corrected chi connectivity index (χ1v) is 10.1. The molecule has 174 valence electrons. The van der Waals surface area contributed by atoms with Crippen molar-refractivity contribution in [1.29, 1.82) is 0 Å². The van der Waals surface area contributed by atoms with E-state index >= 15 is 0 Å². The third-order valence-corrected chi connectivity index (χ3v) is 6.04. The van der Waals surface area contributed by atoms with Crippen molar-refractivity contribution in [2.45, 2.75) is 55.5 Å². The maximum Gasteiger partial charge on any atom is 0.392 e. The number of nitrogens with two attached hydrogens (primary N) is 2. The number of alkyl halides is 6. The zero-order valence-corrected chi connectivity index (χ0v) is 16.3. The normalized spacial score (nSPS) is 17.3. The number of halogens is 6. The Morgan fingerprint density at radius 1 is 1.10 bits per heavy atom. The summed E-state index contributed by atoms with van der Waals surface area (Å²) in [6.45, 7) is -0.448. The standard InChI is InChI=1S/C14H17F6N6O4P/c15-13(16,17)3-12(31(27,28)29,4-14(18,19)20)30-11(1-2-11)5-26-6-23-7-8(21)24-10(22)25-9(7)26/h6H,1-5H2,(H2,27,28,29)(H4,21,22,24,25)/p-2. The molecule has 1 saturated carbocycles. The monoisotopic (exact) mass is 476 g/mol. The predicted octanol–water partition coefficient (Wildman–Crippen LogP) is 1.05. The van der Waals surface area contributed by atoms with Crippen LogP contribution < -0.4 is 21.3 Å². The zero-order valence-electron chi connectivity index (χ0n) is 15.4. The minimum Gasteiger partial charge on any atom is -0.809 e. The maximum absolute atomic E-state index is 13.0. The molecule has 0 amide bonds. The molecule has 1 aliphatic carbocycles. The van der Waals surface area contributed by atoms with Crippen LogP contribution in [0.3, 0.4) is 0 Å². The smallest absolute Gasteiger partial charge is 0.392 e. The molecule has 1 fully saturated rings. The van der Waals surface area contributed by atoms with E-state index in [1.807, 2.05) is 0 Å². The van der Waals surface area contributed by atoms with Gasteiger partial charge in [-0.3, -0.25) is 0 Å². The summed E-state index contributed by atoms with van der Waals surface area (Å²) in [6, 6.07) is 0. The van der Waals surface area contributed by atoms with Gasteiger partial charge in [-0.25, -0.2) is 4.98 Å². The van der Waals surface area contributed by atoms with Crippen LogP contribution in [0.4, 0.5) is 38.1 Å². The van der Waals surface area contributed by atoms with Gasteiger partial charge in [0.15, 0.2) is 11.5 Å². The van der Waals surface area contributed by atoms with Crippen LogP contribution >= 0.6 is 7.60 Å².